The van der Waals surface area contributed by atoms with Crippen molar-refractivity contribution < 1.29 is 58.5 Å². The molecule has 1 N–H and O–H groups in total. The van der Waals surface area contributed by atoms with Crippen molar-refractivity contribution in [2.24, 2.45) is 0 Å². The molecule has 114 valence electrons. The molecule has 1 fully saturated rings. The Morgan fingerprint density at radius 2 is 2.20 bits per heavy atom. The van der Waals surface area contributed by atoms with E-state index in [4.69, 9.17) is 9.39 Å². The molecule has 10 heteroatoms. The van der Waals surface area contributed by atoms with Gasteiger partial charge in [-0.3, -0.25) is 11.0 Å². The molecule has 1 heterocycles. The summed E-state index contributed by atoms with van der Waals surface area (Å²) in [4.78, 5) is 27.7. The van der Waals surface area contributed by atoms with Crippen LogP contribution in [-0.2, 0) is 24.5 Å². The Morgan fingerprint density at radius 1 is 1.60 bits per heavy atom. The summed E-state index contributed by atoms with van der Waals surface area (Å²) in [5.74, 6) is -1.62. The molecule has 0 spiro atoms. The topological polar surface area (TPSA) is 101 Å². The third-order valence-corrected chi connectivity index (χ3v) is 4.77. The average molecular weight is 548 g/mol. The summed E-state index contributed by atoms with van der Waals surface area (Å²) in [6.45, 7) is 1.92. The number of hydroxylamine groups is 2. The van der Waals surface area contributed by atoms with E-state index in [1.807, 2.05) is 0 Å². The monoisotopic (exact) mass is 548 g/mol. The van der Waals surface area contributed by atoms with Gasteiger partial charge >= 0.3 is 5.97 Å². The number of hydrogen-bond acceptors (Lipinski definition) is 6. The van der Waals surface area contributed by atoms with Gasteiger partial charge in [-0.1, -0.05) is 6.92 Å². The number of carbonyl (C=O) groups excluding carboxylic acids is 2. The Bertz CT molecular complexity index is 455. The fourth-order valence-electron chi connectivity index (χ4n) is 1.51. The van der Waals surface area contributed by atoms with Crippen molar-refractivity contribution in [3.05, 3.63) is 6.42 Å². The van der Waals surface area contributed by atoms with Crippen LogP contribution in [0.1, 0.15) is 19.8 Å². The van der Waals surface area contributed by atoms with E-state index in [9.17, 15) is 18.0 Å². The predicted octanol–water partition coefficient (Wildman–Crippen LogP) is 0.279. The zero-order valence-electron chi connectivity index (χ0n) is 11.1. The van der Waals surface area contributed by atoms with Gasteiger partial charge in [-0.2, -0.15) is 20.2 Å². The van der Waals surface area contributed by atoms with Crippen molar-refractivity contribution in [2.45, 2.75) is 30.3 Å². The Hall–Kier alpha value is 0.122. The van der Waals surface area contributed by atoms with Gasteiger partial charge in [-0.25, -0.2) is 9.86 Å². The van der Waals surface area contributed by atoms with Crippen LogP contribution in [0.2, 0.25) is 0 Å². The maximum Gasteiger partial charge on any atom is 0.352 e. The summed E-state index contributed by atoms with van der Waals surface area (Å²) in [5, 5.41) is -1.03. The van der Waals surface area contributed by atoms with Gasteiger partial charge in [0, 0.05) is 42.9 Å². The summed E-state index contributed by atoms with van der Waals surface area (Å²) in [7, 11) is -4.56. The van der Waals surface area contributed by atoms with Crippen LogP contribution in [0.4, 0.5) is 0 Å². The van der Waals surface area contributed by atoms with Crippen LogP contribution in [-0.4, -0.2) is 53.2 Å². The van der Waals surface area contributed by atoms with Crippen molar-refractivity contribution in [1.82, 2.24) is 5.06 Å². The van der Waals surface area contributed by atoms with E-state index in [0.717, 1.165) is 5.06 Å². The standard InChI is InChI=1S/C10H16NO6S2.U/c1-7(18-2)6-8(19(14,15)16)10(13)17-11-5-3-4-9(11)12;/h4,7-8H,3,5-6H2,1-2H3,(H,14,15,16);/q-1;. The first kappa shape index (κ1) is 20.1. The first-order valence-electron chi connectivity index (χ1n) is 5.61. The molecule has 2 unspecified atom stereocenters. The molecule has 1 saturated heterocycles. The summed E-state index contributed by atoms with van der Waals surface area (Å²) in [6.07, 6.45) is 3.45. The summed E-state index contributed by atoms with van der Waals surface area (Å²) >= 11 is 1.36. The maximum absolute atomic E-state index is 11.8. The van der Waals surface area contributed by atoms with Crippen LogP contribution in [0.25, 0.3) is 0 Å². The molecule has 1 rings (SSSR count). The van der Waals surface area contributed by atoms with Crippen LogP contribution < -0.4 is 0 Å². The van der Waals surface area contributed by atoms with Gasteiger partial charge in [0.05, 0.1) is 0 Å². The van der Waals surface area contributed by atoms with Crippen molar-refractivity contribution in [1.29, 1.82) is 0 Å². The Labute approximate surface area is 146 Å². The smallest absolute Gasteiger partial charge is 0.339 e. The van der Waals surface area contributed by atoms with Crippen molar-refractivity contribution >= 4 is 33.8 Å². The van der Waals surface area contributed by atoms with Gasteiger partial charge < -0.3 is 9.63 Å². The predicted molar refractivity (Wildman–Crippen MR) is 69.7 cm³/mol. The molecular formula is C10H16NO6S2U-. The van der Waals surface area contributed by atoms with Gasteiger partial charge in [0.15, 0.2) is 5.25 Å². The molecular weight excluding hydrogens is 532 g/mol. The van der Waals surface area contributed by atoms with Crippen LogP contribution in [0.3, 0.4) is 0 Å². The van der Waals surface area contributed by atoms with E-state index in [1.165, 1.54) is 18.2 Å². The van der Waals surface area contributed by atoms with Crippen molar-refractivity contribution in [2.75, 3.05) is 12.8 Å². The second-order valence-electron chi connectivity index (χ2n) is 4.13. The van der Waals surface area contributed by atoms with Crippen molar-refractivity contribution in [3.8, 4) is 0 Å². The largest absolute Gasteiger partial charge is 0.352 e. The molecule has 2 atom stereocenters. The molecule has 0 aromatic carbocycles. The molecule has 1 amide bonds. The van der Waals surface area contributed by atoms with Crippen LogP contribution >= 0.6 is 11.8 Å². The van der Waals surface area contributed by atoms with E-state index in [-0.39, 0.29) is 49.3 Å². The molecule has 0 aromatic rings. The van der Waals surface area contributed by atoms with Crippen LogP contribution in [0.5, 0.6) is 0 Å². The molecule has 1 aliphatic rings. The van der Waals surface area contributed by atoms with Crippen molar-refractivity contribution in [3.63, 3.8) is 0 Å². The minimum Gasteiger partial charge on any atom is -0.339 e. The molecule has 0 saturated carbocycles. The van der Waals surface area contributed by atoms with Gasteiger partial charge in [0.1, 0.15) is 5.91 Å². The third kappa shape index (κ3) is 5.86. The number of carbonyl (C=O) groups is 2. The minimum absolute atomic E-state index is 0. The minimum atomic E-state index is -4.56. The number of hydrogen-bond donors (Lipinski definition) is 1. The van der Waals surface area contributed by atoms with E-state index in [2.05, 4.69) is 0 Å². The van der Waals surface area contributed by atoms with E-state index in [0.29, 0.717) is 6.42 Å². The normalized spacial score (nSPS) is 17.9. The average Bonchev–Trinajstić information content (AvgIpc) is 2.69. The number of rotatable bonds is 6. The van der Waals surface area contributed by atoms with Gasteiger partial charge in [-0.15, -0.1) is 6.42 Å². The summed E-state index contributed by atoms with van der Waals surface area (Å²) in [5.41, 5.74) is 0. The fraction of sp³-hybridized carbons (Fsp3) is 0.700. The van der Waals surface area contributed by atoms with E-state index < -0.39 is 27.2 Å². The fourth-order valence-corrected chi connectivity index (χ4v) is 2.84. The van der Waals surface area contributed by atoms with Gasteiger partial charge in [-0.05, 0) is 12.7 Å². The molecule has 0 bridgehead atoms. The molecule has 0 radical (unpaired) electrons. The zero-order valence-corrected chi connectivity index (χ0v) is 16.9. The second kappa shape index (κ2) is 8.54. The van der Waals surface area contributed by atoms with Crippen LogP contribution in [0, 0.1) is 37.5 Å². The summed E-state index contributed by atoms with van der Waals surface area (Å²) < 4.78 is 31.5. The van der Waals surface area contributed by atoms with Gasteiger partial charge in [0.25, 0.3) is 10.1 Å². The van der Waals surface area contributed by atoms with E-state index in [1.54, 1.807) is 13.2 Å². The molecule has 7 nitrogen and oxygen atoms in total. The second-order valence-corrected chi connectivity index (χ2v) is 7.00. The number of thioether (sulfide) groups is 1. The Morgan fingerprint density at radius 3 is 2.60 bits per heavy atom. The Balaban J connectivity index is 0.00000361. The maximum atomic E-state index is 11.8. The quantitative estimate of drug-likeness (QED) is 0.376. The number of amides is 1. The first-order valence-corrected chi connectivity index (χ1v) is 8.40. The molecule has 1 aliphatic heterocycles. The van der Waals surface area contributed by atoms with Crippen LogP contribution in [0.15, 0.2) is 0 Å². The summed E-state index contributed by atoms with van der Waals surface area (Å²) in [6, 6.07) is 0. The SMILES string of the molecule is CSC(C)CC(C(=O)ON1CC[CH-]C1=O)S(=O)(=O)O.[U]. The molecule has 20 heavy (non-hydrogen) atoms. The number of nitrogens with zero attached hydrogens (tertiary/aromatic N) is 1. The third-order valence-electron chi connectivity index (χ3n) is 2.67. The molecule has 0 aliphatic carbocycles. The molecule has 0 aromatic heterocycles. The van der Waals surface area contributed by atoms with Gasteiger partial charge in [0.2, 0.25) is 0 Å². The van der Waals surface area contributed by atoms with E-state index >= 15 is 0 Å². The Kier molecular flexibility index (Phi) is 8.59. The zero-order chi connectivity index (χ0) is 14.6. The first-order chi connectivity index (χ1) is 8.75.